The molecule has 110 valence electrons. The molecule has 0 bridgehead atoms. The molecule has 3 N–H and O–H groups in total. The molecule has 0 spiro atoms. The van der Waals surface area contributed by atoms with Crippen molar-refractivity contribution < 1.29 is 14.7 Å². The van der Waals surface area contributed by atoms with Gasteiger partial charge in [0, 0.05) is 5.69 Å². The van der Waals surface area contributed by atoms with Crippen molar-refractivity contribution in [2.75, 3.05) is 18.5 Å². The summed E-state index contributed by atoms with van der Waals surface area (Å²) in [6.45, 7) is 6.32. The van der Waals surface area contributed by atoms with Gasteiger partial charge < -0.3 is 10.4 Å². The summed E-state index contributed by atoms with van der Waals surface area (Å²) >= 11 is 5.12. The highest BCUT2D eigenvalue weighted by Crippen LogP contribution is 2.23. The van der Waals surface area contributed by atoms with Gasteiger partial charge in [-0.1, -0.05) is 45.1 Å². The number of carboxylic acids is 1. The first-order valence-corrected chi connectivity index (χ1v) is 6.66. The Kier molecular flexibility index (Phi) is 6.06. The van der Waals surface area contributed by atoms with E-state index in [9.17, 15) is 4.79 Å². The van der Waals surface area contributed by atoms with Crippen LogP contribution in [0.4, 0.5) is 5.69 Å². The minimum Gasteiger partial charge on any atom is -0.479 e. The number of thiocarbonyl (C=S) groups is 1. The zero-order valence-corrected chi connectivity index (χ0v) is 12.7. The smallest absolute Gasteiger partial charge is 0.331 e. The highest BCUT2D eigenvalue weighted by atomic mass is 32.1. The maximum Gasteiger partial charge on any atom is 0.331 e. The maximum atomic E-state index is 10.2. The maximum absolute atomic E-state index is 10.2. The zero-order chi connectivity index (χ0) is 15.2. The first-order valence-electron chi connectivity index (χ1n) is 6.26. The number of hydroxylamine groups is 1. The molecule has 0 aromatic heterocycles. The van der Waals surface area contributed by atoms with Gasteiger partial charge >= 0.3 is 5.97 Å². The van der Waals surface area contributed by atoms with Crippen LogP contribution in [0.3, 0.4) is 0 Å². The molecule has 0 aliphatic carbocycles. The molecule has 1 rings (SSSR count). The fourth-order valence-electron chi connectivity index (χ4n) is 1.49. The number of carboxylic acid groups (broad SMARTS) is 1. The van der Waals surface area contributed by atoms with Crippen molar-refractivity contribution in [2.24, 2.45) is 0 Å². The van der Waals surface area contributed by atoms with Gasteiger partial charge in [-0.05, 0) is 23.1 Å². The van der Waals surface area contributed by atoms with E-state index in [1.165, 1.54) is 5.56 Å². The number of benzene rings is 1. The van der Waals surface area contributed by atoms with E-state index in [-0.39, 0.29) is 12.0 Å². The molecule has 0 amide bonds. The molecule has 0 fully saturated rings. The predicted octanol–water partition coefficient (Wildman–Crippen LogP) is 2.33. The van der Waals surface area contributed by atoms with Crippen LogP contribution < -0.4 is 10.8 Å². The molecule has 0 radical (unpaired) electrons. The quantitative estimate of drug-likeness (QED) is 0.425. The summed E-state index contributed by atoms with van der Waals surface area (Å²) in [5.41, 5.74) is 4.74. The molecule has 0 heterocycles. The van der Waals surface area contributed by atoms with E-state index < -0.39 is 12.6 Å². The van der Waals surface area contributed by atoms with Crippen LogP contribution in [-0.2, 0) is 15.0 Å². The van der Waals surface area contributed by atoms with Crippen molar-refractivity contribution >= 4 is 28.9 Å². The fraction of sp³-hybridized carbons (Fsp3) is 0.429. The van der Waals surface area contributed by atoms with E-state index in [4.69, 9.17) is 22.2 Å². The van der Waals surface area contributed by atoms with Crippen LogP contribution >= 0.6 is 12.2 Å². The topological polar surface area (TPSA) is 70.6 Å². The molecule has 0 atom stereocenters. The van der Waals surface area contributed by atoms with Crippen molar-refractivity contribution in [2.45, 2.75) is 26.2 Å². The molecule has 0 aliphatic rings. The van der Waals surface area contributed by atoms with Crippen molar-refractivity contribution in [1.29, 1.82) is 0 Å². The van der Waals surface area contributed by atoms with Gasteiger partial charge in [0.25, 0.3) is 0 Å². The van der Waals surface area contributed by atoms with Crippen molar-refractivity contribution in [3.05, 3.63) is 29.8 Å². The van der Waals surface area contributed by atoms with Gasteiger partial charge in [-0.2, -0.15) is 5.48 Å². The van der Waals surface area contributed by atoms with E-state index in [0.29, 0.717) is 4.99 Å². The summed E-state index contributed by atoms with van der Waals surface area (Å²) in [5.74, 6) is -1.03. The molecular weight excluding hydrogens is 276 g/mol. The highest BCUT2D eigenvalue weighted by Gasteiger charge is 2.12. The van der Waals surface area contributed by atoms with E-state index in [1.807, 2.05) is 12.1 Å². The Hall–Kier alpha value is -1.50. The average molecular weight is 296 g/mol. The van der Waals surface area contributed by atoms with Gasteiger partial charge in [0.2, 0.25) is 0 Å². The third kappa shape index (κ3) is 6.10. The molecule has 1 aromatic rings. The minimum absolute atomic E-state index is 0.116. The molecule has 20 heavy (non-hydrogen) atoms. The Morgan fingerprint density at radius 2 is 1.90 bits per heavy atom. The van der Waals surface area contributed by atoms with E-state index in [1.54, 1.807) is 0 Å². The van der Waals surface area contributed by atoms with Gasteiger partial charge in [-0.15, -0.1) is 0 Å². The first-order chi connectivity index (χ1) is 9.29. The Bertz CT molecular complexity index is 466. The van der Waals surface area contributed by atoms with Crippen LogP contribution in [0, 0.1) is 0 Å². The van der Waals surface area contributed by atoms with Gasteiger partial charge in [-0.25, -0.2) is 4.79 Å². The van der Waals surface area contributed by atoms with Gasteiger partial charge in [0.1, 0.15) is 0 Å². The third-order valence-electron chi connectivity index (χ3n) is 2.57. The monoisotopic (exact) mass is 296 g/mol. The number of nitrogens with one attached hydrogen (secondary N) is 2. The summed E-state index contributed by atoms with van der Waals surface area (Å²) < 4.78 is 0. The number of aliphatic carboxylic acids is 1. The second-order valence-corrected chi connectivity index (χ2v) is 5.87. The summed E-state index contributed by atoms with van der Waals surface area (Å²) in [7, 11) is 0. The van der Waals surface area contributed by atoms with E-state index in [2.05, 4.69) is 43.7 Å². The number of hydrogen-bond donors (Lipinski definition) is 3. The lowest BCUT2D eigenvalue weighted by Crippen LogP contribution is -2.28. The largest absolute Gasteiger partial charge is 0.479 e. The van der Waals surface area contributed by atoms with E-state index >= 15 is 0 Å². The van der Waals surface area contributed by atoms with Crippen LogP contribution in [0.15, 0.2) is 24.3 Å². The Balaban J connectivity index is 2.41. The zero-order valence-electron chi connectivity index (χ0n) is 11.9. The van der Waals surface area contributed by atoms with Crippen molar-refractivity contribution in [3.8, 4) is 0 Å². The Labute approximate surface area is 124 Å². The summed E-state index contributed by atoms with van der Waals surface area (Å²) in [6.07, 6.45) is 0. The summed E-state index contributed by atoms with van der Waals surface area (Å²) in [5, 5.41) is 11.4. The molecule has 5 nitrogen and oxygen atoms in total. The first kappa shape index (κ1) is 16.6. The number of anilines is 1. The van der Waals surface area contributed by atoms with Crippen LogP contribution in [0.5, 0.6) is 0 Å². The summed E-state index contributed by atoms with van der Waals surface area (Å²) in [4.78, 5) is 15.5. The lowest BCUT2D eigenvalue weighted by Gasteiger charge is -2.19. The van der Waals surface area contributed by atoms with Crippen LogP contribution in [-0.4, -0.2) is 29.2 Å². The predicted molar refractivity (Wildman–Crippen MR) is 83.0 cm³/mol. The fourth-order valence-corrected chi connectivity index (χ4v) is 1.66. The van der Waals surface area contributed by atoms with Crippen molar-refractivity contribution in [1.82, 2.24) is 5.48 Å². The lowest BCUT2D eigenvalue weighted by molar-refractivity contribution is -0.144. The second-order valence-electron chi connectivity index (χ2n) is 5.38. The second kappa shape index (κ2) is 7.33. The van der Waals surface area contributed by atoms with Gasteiger partial charge in [0.05, 0.1) is 11.5 Å². The molecule has 6 heteroatoms. The molecule has 0 aliphatic heterocycles. The van der Waals surface area contributed by atoms with Crippen LogP contribution in [0.2, 0.25) is 0 Å². The Morgan fingerprint density at radius 1 is 1.30 bits per heavy atom. The van der Waals surface area contributed by atoms with Gasteiger partial charge in [-0.3, -0.25) is 4.84 Å². The molecular formula is C14H20N2O3S. The lowest BCUT2D eigenvalue weighted by atomic mass is 9.87. The number of carbonyl (C=O) groups is 1. The Morgan fingerprint density at radius 3 is 2.40 bits per heavy atom. The number of rotatable bonds is 6. The van der Waals surface area contributed by atoms with Crippen molar-refractivity contribution in [3.63, 3.8) is 0 Å². The third-order valence-corrected chi connectivity index (χ3v) is 2.81. The van der Waals surface area contributed by atoms with Crippen LogP contribution in [0.1, 0.15) is 26.3 Å². The molecule has 1 aromatic carbocycles. The summed E-state index contributed by atoms with van der Waals surface area (Å²) in [6, 6.07) is 8.04. The average Bonchev–Trinajstić information content (AvgIpc) is 2.34. The van der Waals surface area contributed by atoms with E-state index in [0.717, 1.165) is 5.69 Å². The SMILES string of the molecule is CC(C)(C)c1ccc(NC(=S)CNOCC(=O)O)cc1. The normalized spacial score (nSPS) is 11.2. The highest BCUT2D eigenvalue weighted by molar-refractivity contribution is 7.80. The molecule has 0 saturated heterocycles. The van der Waals surface area contributed by atoms with Gasteiger partial charge in [0.15, 0.2) is 6.61 Å². The minimum atomic E-state index is -1.03. The standard InChI is InChI=1S/C14H20N2O3S/c1-14(2,3)10-4-6-11(7-5-10)16-12(20)8-15-19-9-13(17)18/h4-7,15H,8-9H2,1-3H3,(H,16,20)(H,17,18). The molecule has 0 saturated carbocycles. The van der Waals surface area contributed by atoms with Crippen LogP contribution in [0.25, 0.3) is 0 Å². The molecule has 0 unspecified atom stereocenters. The number of hydrogen-bond acceptors (Lipinski definition) is 4.